The second kappa shape index (κ2) is 4.18. The monoisotopic (exact) mass is 209 g/mol. The Morgan fingerprint density at radius 2 is 1.79 bits per heavy atom. The predicted octanol–water partition coefficient (Wildman–Crippen LogP) is 4.48. The Hall–Kier alpha value is -0.760. The van der Waals surface area contributed by atoms with Crippen LogP contribution in [-0.2, 0) is 5.54 Å². The van der Waals surface area contributed by atoms with Crippen molar-refractivity contribution < 1.29 is 0 Å². The van der Waals surface area contributed by atoms with Gasteiger partial charge >= 0.3 is 0 Å². The predicted molar refractivity (Wildman–Crippen MR) is 66.2 cm³/mol. The number of thiophene rings is 1. The van der Waals surface area contributed by atoms with Gasteiger partial charge in [-0.3, -0.25) is 0 Å². The summed E-state index contributed by atoms with van der Waals surface area (Å²) in [4.78, 5) is 1.38. The number of nitrogens with zero attached hydrogens (tertiary/aromatic N) is 1. The molecular weight excluding hydrogens is 190 g/mol. The maximum atomic E-state index is 2.33. The average molecular weight is 209 g/mol. The molecule has 2 aromatic heterocycles. The summed E-state index contributed by atoms with van der Waals surface area (Å²) < 4.78 is 2.33. The van der Waals surface area contributed by atoms with Gasteiger partial charge in [-0.1, -0.05) is 13.8 Å². The van der Waals surface area contributed by atoms with Crippen molar-refractivity contribution in [2.24, 2.45) is 0 Å². The van der Waals surface area contributed by atoms with Crippen LogP contribution in [0.25, 0.3) is 10.2 Å². The van der Waals surface area contributed by atoms with E-state index in [1.54, 1.807) is 0 Å². The molecule has 0 aromatic carbocycles. The first-order valence-electron chi connectivity index (χ1n) is 5.14. The fourth-order valence-electron chi connectivity index (χ4n) is 1.38. The van der Waals surface area contributed by atoms with Gasteiger partial charge in [0.25, 0.3) is 0 Å². The minimum absolute atomic E-state index is 0.201. The Morgan fingerprint density at radius 3 is 2.36 bits per heavy atom. The van der Waals surface area contributed by atoms with Gasteiger partial charge < -0.3 is 4.57 Å². The fraction of sp³-hybridized carbons (Fsp3) is 0.500. The standard InChI is InChI=1S/C10H13NS.C2H6/c1-10(2,3)11-6-4-8-5-7-12-9(8)11;1-2/h4-7H,1-3H3;1-2H3. The number of hydrogen-bond acceptors (Lipinski definition) is 1. The van der Waals surface area contributed by atoms with Crippen LogP contribution < -0.4 is 0 Å². The molecule has 78 valence electrons. The SMILES string of the molecule is CC.CC(C)(C)n1ccc2ccsc21. The van der Waals surface area contributed by atoms with Crippen molar-refractivity contribution in [2.75, 3.05) is 0 Å². The lowest BCUT2D eigenvalue weighted by atomic mass is 10.1. The Kier molecular flexibility index (Phi) is 3.38. The molecule has 2 heterocycles. The highest BCUT2D eigenvalue weighted by Crippen LogP contribution is 2.27. The third-order valence-electron chi connectivity index (χ3n) is 2.02. The van der Waals surface area contributed by atoms with Gasteiger partial charge in [0.1, 0.15) is 4.83 Å². The summed E-state index contributed by atoms with van der Waals surface area (Å²) in [6.45, 7) is 10.7. The van der Waals surface area contributed by atoms with E-state index in [4.69, 9.17) is 0 Å². The summed E-state index contributed by atoms with van der Waals surface area (Å²) >= 11 is 1.81. The zero-order valence-corrected chi connectivity index (χ0v) is 10.5. The molecule has 0 aliphatic rings. The minimum Gasteiger partial charge on any atom is -0.334 e. The summed E-state index contributed by atoms with van der Waals surface area (Å²) in [7, 11) is 0. The zero-order valence-electron chi connectivity index (χ0n) is 9.66. The molecule has 0 spiro atoms. The average Bonchev–Trinajstić information content (AvgIpc) is 2.64. The highest BCUT2D eigenvalue weighted by atomic mass is 32.1. The molecule has 0 unspecified atom stereocenters. The van der Waals surface area contributed by atoms with E-state index in [1.807, 2.05) is 25.2 Å². The second-order valence-corrected chi connectivity index (χ2v) is 4.93. The minimum atomic E-state index is 0.201. The van der Waals surface area contributed by atoms with Gasteiger partial charge in [-0.05, 0) is 38.3 Å². The van der Waals surface area contributed by atoms with Crippen LogP contribution in [0.1, 0.15) is 34.6 Å². The lowest BCUT2D eigenvalue weighted by Gasteiger charge is -2.21. The molecule has 0 aliphatic carbocycles. The van der Waals surface area contributed by atoms with Crippen LogP contribution in [0.15, 0.2) is 23.7 Å². The molecule has 0 bridgehead atoms. The molecule has 2 heteroatoms. The van der Waals surface area contributed by atoms with E-state index in [2.05, 4.69) is 49.0 Å². The van der Waals surface area contributed by atoms with Gasteiger partial charge in [-0.2, -0.15) is 0 Å². The first-order valence-corrected chi connectivity index (χ1v) is 6.02. The molecule has 0 saturated carbocycles. The van der Waals surface area contributed by atoms with Gasteiger partial charge in [-0.25, -0.2) is 0 Å². The first-order chi connectivity index (χ1) is 6.59. The van der Waals surface area contributed by atoms with Crippen LogP contribution in [0.4, 0.5) is 0 Å². The molecule has 0 aliphatic heterocycles. The van der Waals surface area contributed by atoms with Crippen LogP contribution in [0.2, 0.25) is 0 Å². The van der Waals surface area contributed by atoms with Gasteiger partial charge in [-0.15, -0.1) is 11.3 Å². The molecule has 2 rings (SSSR count). The smallest absolute Gasteiger partial charge is 0.103 e. The Bertz CT molecular complexity index is 390. The van der Waals surface area contributed by atoms with E-state index in [0.29, 0.717) is 0 Å². The van der Waals surface area contributed by atoms with Crippen molar-refractivity contribution >= 4 is 21.6 Å². The van der Waals surface area contributed by atoms with Crippen molar-refractivity contribution in [3.05, 3.63) is 23.7 Å². The lowest BCUT2D eigenvalue weighted by Crippen LogP contribution is -2.19. The molecule has 2 aromatic rings. The third-order valence-corrected chi connectivity index (χ3v) is 2.95. The van der Waals surface area contributed by atoms with E-state index in [1.165, 1.54) is 10.2 Å². The van der Waals surface area contributed by atoms with E-state index in [0.717, 1.165) is 0 Å². The van der Waals surface area contributed by atoms with Crippen LogP contribution in [0.3, 0.4) is 0 Å². The van der Waals surface area contributed by atoms with Crippen molar-refractivity contribution in [3.63, 3.8) is 0 Å². The van der Waals surface area contributed by atoms with E-state index >= 15 is 0 Å². The van der Waals surface area contributed by atoms with Crippen LogP contribution >= 0.6 is 11.3 Å². The highest BCUT2D eigenvalue weighted by Gasteiger charge is 2.14. The maximum absolute atomic E-state index is 2.33. The number of hydrogen-bond donors (Lipinski definition) is 0. The quantitative estimate of drug-likeness (QED) is 0.602. The van der Waals surface area contributed by atoms with Crippen molar-refractivity contribution in [1.29, 1.82) is 0 Å². The molecule has 0 amide bonds. The highest BCUT2D eigenvalue weighted by molar-refractivity contribution is 7.16. The molecule has 0 fully saturated rings. The topological polar surface area (TPSA) is 4.93 Å². The van der Waals surface area contributed by atoms with Gasteiger partial charge in [0.05, 0.1) is 0 Å². The summed E-state index contributed by atoms with van der Waals surface area (Å²) in [5.74, 6) is 0. The molecule has 0 saturated heterocycles. The largest absolute Gasteiger partial charge is 0.334 e. The summed E-state index contributed by atoms with van der Waals surface area (Å²) in [6, 6.07) is 4.35. The number of rotatable bonds is 0. The molecule has 1 nitrogen and oxygen atoms in total. The normalized spacial score (nSPS) is 11.2. The maximum Gasteiger partial charge on any atom is 0.103 e. The summed E-state index contributed by atoms with van der Waals surface area (Å²) in [6.07, 6.45) is 2.17. The third kappa shape index (κ3) is 2.01. The number of aromatic nitrogens is 1. The molecule has 0 atom stereocenters. The lowest BCUT2D eigenvalue weighted by molar-refractivity contribution is 0.412. The Morgan fingerprint density at radius 1 is 1.14 bits per heavy atom. The summed E-state index contributed by atoms with van der Waals surface area (Å²) in [5.41, 5.74) is 0.201. The van der Waals surface area contributed by atoms with Gasteiger partial charge in [0, 0.05) is 17.1 Å². The van der Waals surface area contributed by atoms with Crippen LogP contribution in [-0.4, -0.2) is 4.57 Å². The van der Waals surface area contributed by atoms with Crippen LogP contribution in [0.5, 0.6) is 0 Å². The second-order valence-electron chi connectivity index (χ2n) is 4.04. The Labute approximate surface area is 90.4 Å². The summed E-state index contributed by atoms with van der Waals surface area (Å²) in [5, 5.41) is 3.50. The number of fused-ring (bicyclic) bond motifs is 1. The van der Waals surface area contributed by atoms with Gasteiger partial charge in [0.2, 0.25) is 0 Å². The first kappa shape index (κ1) is 11.3. The zero-order chi connectivity index (χ0) is 10.8. The molecule has 14 heavy (non-hydrogen) atoms. The molecule has 0 N–H and O–H groups in total. The van der Waals surface area contributed by atoms with E-state index in [-0.39, 0.29) is 5.54 Å². The fourth-order valence-corrected chi connectivity index (χ4v) is 2.45. The van der Waals surface area contributed by atoms with Crippen LogP contribution in [0, 0.1) is 0 Å². The van der Waals surface area contributed by atoms with Crippen molar-refractivity contribution in [1.82, 2.24) is 4.57 Å². The van der Waals surface area contributed by atoms with Gasteiger partial charge in [0.15, 0.2) is 0 Å². The van der Waals surface area contributed by atoms with Crippen molar-refractivity contribution in [2.45, 2.75) is 40.2 Å². The molecule has 0 radical (unpaired) electrons. The van der Waals surface area contributed by atoms with E-state index in [9.17, 15) is 0 Å². The molecular formula is C12H19NS. The Balaban J connectivity index is 0.000000461. The van der Waals surface area contributed by atoms with Crippen molar-refractivity contribution in [3.8, 4) is 0 Å². The van der Waals surface area contributed by atoms with E-state index < -0.39 is 0 Å².